The number of hydrogen-bond donors (Lipinski definition) is 3. The molecule has 0 bridgehead atoms. The lowest BCUT2D eigenvalue weighted by Gasteiger charge is -2.21. The number of rotatable bonds is 65. The second-order valence-electron chi connectivity index (χ2n) is 26.2. The second kappa shape index (κ2) is 57.9. The number of unbranched alkanes of at least 4 members (excludes halogenated alkanes) is 30. The van der Waals surface area contributed by atoms with E-state index < -0.39 is 97.5 Å². The lowest BCUT2D eigenvalue weighted by molar-refractivity contribution is -0.161. The first-order chi connectivity index (χ1) is 41.6. The molecule has 516 valence electrons. The molecular formula is C68H132O17P2. The van der Waals surface area contributed by atoms with Crippen LogP contribution >= 0.6 is 15.6 Å². The van der Waals surface area contributed by atoms with Gasteiger partial charge in [-0.25, -0.2) is 9.13 Å². The van der Waals surface area contributed by atoms with Gasteiger partial charge in [0.1, 0.15) is 19.3 Å². The van der Waals surface area contributed by atoms with Crippen LogP contribution in [0.4, 0.5) is 0 Å². The van der Waals surface area contributed by atoms with Crippen molar-refractivity contribution in [2.24, 2.45) is 23.7 Å². The van der Waals surface area contributed by atoms with E-state index in [0.29, 0.717) is 31.6 Å². The highest BCUT2D eigenvalue weighted by Crippen LogP contribution is 2.45. The normalized spacial score (nSPS) is 14.6. The largest absolute Gasteiger partial charge is 0.472 e. The molecule has 87 heavy (non-hydrogen) atoms. The van der Waals surface area contributed by atoms with Gasteiger partial charge in [-0.2, -0.15) is 0 Å². The summed E-state index contributed by atoms with van der Waals surface area (Å²) in [7, 11) is -9.90. The molecule has 0 rings (SSSR count). The van der Waals surface area contributed by atoms with Crippen LogP contribution in [-0.4, -0.2) is 96.7 Å². The van der Waals surface area contributed by atoms with E-state index in [4.69, 9.17) is 37.0 Å². The van der Waals surface area contributed by atoms with Crippen molar-refractivity contribution in [1.82, 2.24) is 0 Å². The number of phosphoric acid groups is 2. The maximum Gasteiger partial charge on any atom is 0.472 e. The predicted molar refractivity (Wildman–Crippen MR) is 349 cm³/mol. The molecular weight excluding hydrogens is 1150 g/mol. The number of phosphoric ester groups is 2. The van der Waals surface area contributed by atoms with Crippen molar-refractivity contribution < 1.29 is 80.2 Å². The Hall–Kier alpha value is -1.94. The first kappa shape index (κ1) is 85.1. The quantitative estimate of drug-likeness (QED) is 0.0222. The summed E-state index contributed by atoms with van der Waals surface area (Å²) in [4.78, 5) is 72.4. The van der Waals surface area contributed by atoms with Crippen LogP contribution in [0.1, 0.15) is 331 Å². The molecule has 0 aromatic rings. The standard InChI is InChI=1S/C68H132O17P2/c1-9-61(8)47-39-31-26-27-33-41-49-66(71)79-55-64(85-68(73)51-43-35-24-18-17-21-29-37-45-59(4)5)57-83-87(76,77)81-53-62(69)52-80-86(74,75)82-56-63(54-78-65(70)48-40-32-25-19-22-30-38-46-60(6)7)84-67(72)50-42-34-23-16-14-12-10-11-13-15-20-28-36-44-58(2)3/h58-64,69H,9-57H2,1-8H3,(H,74,75)(H,76,77)/t61?,62-,63-,64-/m1/s1. The third kappa shape index (κ3) is 61.3. The van der Waals surface area contributed by atoms with Gasteiger partial charge in [-0.1, -0.05) is 280 Å². The van der Waals surface area contributed by atoms with Crippen molar-refractivity contribution in [1.29, 1.82) is 0 Å². The minimum atomic E-state index is -4.95. The van der Waals surface area contributed by atoms with Crippen LogP contribution in [0.2, 0.25) is 0 Å². The molecule has 0 heterocycles. The van der Waals surface area contributed by atoms with Gasteiger partial charge < -0.3 is 33.8 Å². The van der Waals surface area contributed by atoms with Gasteiger partial charge in [0.2, 0.25) is 0 Å². The van der Waals surface area contributed by atoms with Crippen molar-refractivity contribution in [3.05, 3.63) is 0 Å². The summed E-state index contributed by atoms with van der Waals surface area (Å²) in [6, 6.07) is 0. The highest BCUT2D eigenvalue weighted by atomic mass is 31.2. The Balaban J connectivity index is 5.24. The van der Waals surface area contributed by atoms with Gasteiger partial charge in [-0.3, -0.25) is 37.3 Å². The molecule has 0 aliphatic carbocycles. The Bertz CT molecular complexity index is 1730. The van der Waals surface area contributed by atoms with Gasteiger partial charge in [0.05, 0.1) is 26.4 Å². The first-order valence-corrected chi connectivity index (χ1v) is 38.2. The van der Waals surface area contributed by atoms with Gasteiger partial charge in [-0.05, 0) is 49.4 Å². The number of aliphatic hydroxyl groups excluding tert-OH is 1. The third-order valence-electron chi connectivity index (χ3n) is 15.9. The molecule has 19 heteroatoms. The summed E-state index contributed by atoms with van der Waals surface area (Å²) in [5.74, 6) is 0.805. The highest BCUT2D eigenvalue weighted by molar-refractivity contribution is 7.47. The molecule has 17 nitrogen and oxygen atoms in total. The zero-order chi connectivity index (χ0) is 64.7. The number of ether oxygens (including phenoxy) is 4. The summed E-state index contributed by atoms with van der Waals surface area (Å²) in [6.45, 7) is 14.0. The first-order valence-electron chi connectivity index (χ1n) is 35.2. The van der Waals surface area contributed by atoms with Gasteiger partial charge in [0, 0.05) is 25.7 Å². The number of carbonyl (C=O) groups is 4. The number of hydrogen-bond acceptors (Lipinski definition) is 15. The van der Waals surface area contributed by atoms with Crippen molar-refractivity contribution in [3.63, 3.8) is 0 Å². The molecule has 0 aliphatic heterocycles. The van der Waals surface area contributed by atoms with E-state index in [1.807, 2.05) is 0 Å². The Kier molecular flexibility index (Phi) is 56.6. The van der Waals surface area contributed by atoms with Crippen LogP contribution < -0.4 is 0 Å². The van der Waals surface area contributed by atoms with Crippen LogP contribution in [0.15, 0.2) is 0 Å². The molecule has 6 atom stereocenters. The lowest BCUT2D eigenvalue weighted by Crippen LogP contribution is -2.30. The van der Waals surface area contributed by atoms with E-state index in [2.05, 4.69) is 55.4 Å². The van der Waals surface area contributed by atoms with E-state index in [1.165, 1.54) is 122 Å². The van der Waals surface area contributed by atoms with Gasteiger partial charge >= 0.3 is 39.5 Å². The summed E-state index contributed by atoms with van der Waals surface area (Å²) in [5.41, 5.74) is 0. The zero-order valence-corrected chi connectivity index (χ0v) is 58.4. The van der Waals surface area contributed by atoms with Crippen molar-refractivity contribution in [3.8, 4) is 0 Å². The van der Waals surface area contributed by atoms with Crippen LogP contribution in [0.3, 0.4) is 0 Å². The number of aliphatic hydroxyl groups is 1. The molecule has 0 saturated heterocycles. The highest BCUT2D eigenvalue weighted by Gasteiger charge is 2.30. The van der Waals surface area contributed by atoms with Crippen molar-refractivity contribution in [2.75, 3.05) is 39.6 Å². The Morgan fingerprint density at radius 1 is 0.322 bits per heavy atom. The van der Waals surface area contributed by atoms with Crippen LogP contribution in [0, 0.1) is 23.7 Å². The smallest absolute Gasteiger partial charge is 0.462 e. The fraction of sp³-hybridized carbons (Fsp3) is 0.941. The van der Waals surface area contributed by atoms with Crippen molar-refractivity contribution in [2.45, 2.75) is 350 Å². The van der Waals surface area contributed by atoms with E-state index in [-0.39, 0.29) is 25.7 Å². The average molecular weight is 1280 g/mol. The molecule has 0 aromatic carbocycles. The minimum Gasteiger partial charge on any atom is -0.462 e. The molecule has 0 radical (unpaired) electrons. The topological polar surface area (TPSA) is 237 Å². The molecule has 0 spiro atoms. The van der Waals surface area contributed by atoms with Gasteiger partial charge in [-0.15, -0.1) is 0 Å². The van der Waals surface area contributed by atoms with Gasteiger partial charge in [0.25, 0.3) is 0 Å². The summed E-state index contributed by atoms with van der Waals surface area (Å²) < 4.78 is 68.2. The SMILES string of the molecule is CCC(C)CCCCCCCCC(=O)OC[C@H](COP(=O)(O)OC[C@H](O)COP(=O)(O)OC[C@@H](COC(=O)CCCCCCCCCC(C)C)OC(=O)CCCCCCCCCCCCCCCC(C)C)OC(=O)CCCCCCCCCCC(C)C. The average Bonchev–Trinajstić information content (AvgIpc) is 3.67. The zero-order valence-electron chi connectivity index (χ0n) is 56.6. The van der Waals surface area contributed by atoms with E-state index in [1.54, 1.807) is 0 Å². The number of carbonyl (C=O) groups excluding carboxylic acids is 4. The summed E-state index contributed by atoms with van der Waals surface area (Å²) >= 11 is 0. The van der Waals surface area contributed by atoms with Crippen LogP contribution in [0.25, 0.3) is 0 Å². The minimum absolute atomic E-state index is 0.103. The fourth-order valence-corrected chi connectivity index (χ4v) is 11.7. The molecule has 0 aromatic heterocycles. The monoisotopic (exact) mass is 1280 g/mol. The number of esters is 4. The Morgan fingerprint density at radius 3 is 0.816 bits per heavy atom. The maximum absolute atomic E-state index is 13.0. The van der Waals surface area contributed by atoms with Crippen molar-refractivity contribution >= 4 is 39.5 Å². The lowest BCUT2D eigenvalue weighted by atomic mass is 10.00. The predicted octanol–water partition coefficient (Wildman–Crippen LogP) is 18.9. The molecule has 0 saturated carbocycles. The molecule has 0 aliphatic rings. The van der Waals surface area contributed by atoms with Gasteiger partial charge in [0.15, 0.2) is 12.2 Å². The molecule has 3 N–H and O–H groups in total. The Morgan fingerprint density at radius 2 is 0.552 bits per heavy atom. The molecule has 0 amide bonds. The van der Waals surface area contributed by atoms with E-state index >= 15 is 0 Å². The van der Waals surface area contributed by atoms with Crippen LogP contribution in [-0.2, 0) is 65.4 Å². The fourth-order valence-electron chi connectivity index (χ4n) is 10.1. The summed E-state index contributed by atoms with van der Waals surface area (Å²) in [5, 5.41) is 10.6. The second-order valence-corrected chi connectivity index (χ2v) is 29.1. The van der Waals surface area contributed by atoms with E-state index in [0.717, 1.165) is 120 Å². The molecule has 3 unspecified atom stereocenters. The molecule has 0 fully saturated rings. The van der Waals surface area contributed by atoms with Crippen LogP contribution in [0.5, 0.6) is 0 Å². The Labute approximate surface area is 530 Å². The third-order valence-corrected chi connectivity index (χ3v) is 17.8. The summed E-state index contributed by atoms with van der Waals surface area (Å²) in [6.07, 6.45) is 39.1. The maximum atomic E-state index is 13.0. The van der Waals surface area contributed by atoms with E-state index in [9.17, 15) is 43.2 Å².